The van der Waals surface area contributed by atoms with E-state index in [1.165, 1.54) is 6.92 Å². The van der Waals surface area contributed by atoms with Crippen LogP contribution in [0.1, 0.15) is 39.1 Å². The smallest absolute Gasteiger partial charge is 0.238 e. The van der Waals surface area contributed by atoms with Gasteiger partial charge in [-0.25, -0.2) is 13.1 Å². The van der Waals surface area contributed by atoms with Gasteiger partial charge in [-0.05, 0) is 20.3 Å². The maximum atomic E-state index is 11.8. The SMILES string of the molecule is CCCS(=O)(=O)NC(C)C(=O)NC(C)c1nn[nH]n1. The Kier molecular flexibility index (Phi) is 5.36. The first-order valence-electron chi connectivity index (χ1n) is 5.89. The van der Waals surface area contributed by atoms with Crippen molar-refractivity contribution in [2.24, 2.45) is 0 Å². The maximum absolute atomic E-state index is 11.8. The van der Waals surface area contributed by atoms with Gasteiger partial charge in [0.05, 0.1) is 17.8 Å². The third kappa shape index (κ3) is 4.91. The second kappa shape index (κ2) is 6.57. The number of carbonyl (C=O) groups excluding carboxylic acids is 1. The number of aromatic nitrogens is 4. The van der Waals surface area contributed by atoms with Crippen LogP contribution in [0.3, 0.4) is 0 Å². The van der Waals surface area contributed by atoms with Crippen molar-refractivity contribution in [1.29, 1.82) is 0 Å². The lowest BCUT2D eigenvalue weighted by molar-refractivity contribution is -0.123. The lowest BCUT2D eigenvalue weighted by Gasteiger charge is -2.16. The van der Waals surface area contributed by atoms with Crippen LogP contribution < -0.4 is 10.0 Å². The van der Waals surface area contributed by atoms with Crippen molar-refractivity contribution in [2.75, 3.05) is 5.75 Å². The Morgan fingerprint density at radius 1 is 1.42 bits per heavy atom. The van der Waals surface area contributed by atoms with E-state index < -0.39 is 28.0 Å². The molecule has 0 fully saturated rings. The largest absolute Gasteiger partial charge is 0.345 e. The van der Waals surface area contributed by atoms with Gasteiger partial charge in [0.25, 0.3) is 0 Å². The predicted octanol–water partition coefficient (Wildman–Crippen LogP) is -0.905. The Hall–Kier alpha value is -1.55. The Bertz CT molecular complexity index is 500. The van der Waals surface area contributed by atoms with Crippen molar-refractivity contribution in [3.8, 4) is 0 Å². The zero-order chi connectivity index (χ0) is 14.5. The predicted molar refractivity (Wildman–Crippen MR) is 67.4 cm³/mol. The molecule has 0 aliphatic rings. The lowest BCUT2D eigenvalue weighted by atomic mass is 10.2. The van der Waals surface area contributed by atoms with E-state index in [0.29, 0.717) is 12.2 Å². The summed E-state index contributed by atoms with van der Waals surface area (Å²) in [6, 6.07) is -1.31. The molecule has 0 saturated carbocycles. The molecule has 3 N–H and O–H groups in total. The highest BCUT2D eigenvalue weighted by atomic mass is 32.2. The van der Waals surface area contributed by atoms with E-state index in [-0.39, 0.29) is 5.75 Å². The minimum atomic E-state index is -3.43. The summed E-state index contributed by atoms with van der Waals surface area (Å²) in [6.45, 7) is 4.91. The molecule has 0 aliphatic carbocycles. The molecule has 1 rings (SSSR count). The number of amides is 1. The summed E-state index contributed by atoms with van der Waals surface area (Å²) < 4.78 is 25.4. The zero-order valence-electron chi connectivity index (χ0n) is 11.0. The molecule has 0 aromatic carbocycles. The summed E-state index contributed by atoms with van der Waals surface area (Å²) in [7, 11) is -3.43. The van der Waals surface area contributed by atoms with E-state index in [0.717, 1.165) is 0 Å². The zero-order valence-corrected chi connectivity index (χ0v) is 11.9. The highest BCUT2D eigenvalue weighted by Crippen LogP contribution is 2.03. The minimum absolute atomic E-state index is 0.00891. The molecule has 1 aromatic heterocycles. The molecule has 0 saturated heterocycles. The molecule has 0 aliphatic heterocycles. The molecule has 2 unspecified atom stereocenters. The Labute approximate surface area is 111 Å². The number of hydrogen-bond donors (Lipinski definition) is 3. The van der Waals surface area contributed by atoms with E-state index in [2.05, 4.69) is 30.7 Å². The monoisotopic (exact) mass is 290 g/mol. The average molecular weight is 290 g/mol. The van der Waals surface area contributed by atoms with E-state index in [1.807, 2.05) is 0 Å². The van der Waals surface area contributed by atoms with Gasteiger partial charge in [0.2, 0.25) is 15.9 Å². The Balaban J connectivity index is 2.54. The highest BCUT2D eigenvalue weighted by Gasteiger charge is 2.22. The van der Waals surface area contributed by atoms with Gasteiger partial charge in [-0.1, -0.05) is 12.1 Å². The fraction of sp³-hybridized carbons (Fsp3) is 0.778. The minimum Gasteiger partial charge on any atom is -0.345 e. The van der Waals surface area contributed by atoms with Crippen LogP contribution in [0.25, 0.3) is 0 Å². The van der Waals surface area contributed by atoms with Gasteiger partial charge < -0.3 is 5.32 Å². The van der Waals surface area contributed by atoms with Crippen LogP contribution in [0.15, 0.2) is 0 Å². The third-order valence-electron chi connectivity index (χ3n) is 2.33. The van der Waals surface area contributed by atoms with Crippen LogP contribution in [0.2, 0.25) is 0 Å². The molecule has 10 heteroatoms. The second-order valence-corrected chi connectivity index (χ2v) is 6.03. The van der Waals surface area contributed by atoms with Crippen molar-refractivity contribution < 1.29 is 13.2 Å². The van der Waals surface area contributed by atoms with E-state index in [9.17, 15) is 13.2 Å². The molecule has 2 atom stereocenters. The van der Waals surface area contributed by atoms with Crippen molar-refractivity contribution in [3.05, 3.63) is 5.82 Å². The van der Waals surface area contributed by atoms with Gasteiger partial charge in [-0.2, -0.15) is 5.21 Å². The van der Waals surface area contributed by atoms with Crippen molar-refractivity contribution in [1.82, 2.24) is 30.7 Å². The number of nitrogens with zero attached hydrogens (tertiary/aromatic N) is 3. The van der Waals surface area contributed by atoms with Crippen LogP contribution in [-0.2, 0) is 14.8 Å². The molecular weight excluding hydrogens is 272 g/mol. The summed E-state index contributed by atoms with van der Waals surface area (Å²) in [4.78, 5) is 11.8. The number of carbonyl (C=O) groups is 1. The standard InChI is InChI=1S/C9H18N6O3S/c1-4-5-19(17,18)13-7(3)9(16)10-6(2)8-11-14-15-12-8/h6-7,13H,4-5H2,1-3H3,(H,10,16)(H,11,12,14,15). The number of tetrazole rings is 1. The molecule has 0 radical (unpaired) electrons. The summed E-state index contributed by atoms with van der Waals surface area (Å²) >= 11 is 0. The maximum Gasteiger partial charge on any atom is 0.238 e. The van der Waals surface area contributed by atoms with Gasteiger partial charge in [0, 0.05) is 0 Å². The first-order valence-corrected chi connectivity index (χ1v) is 7.54. The van der Waals surface area contributed by atoms with Crippen LogP contribution in [0.4, 0.5) is 0 Å². The van der Waals surface area contributed by atoms with E-state index in [1.54, 1.807) is 13.8 Å². The lowest BCUT2D eigenvalue weighted by Crippen LogP contribution is -2.46. The van der Waals surface area contributed by atoms with Crippen LogP contribution >= 0.6 is 0 Å². The van der Waals surface area contributed by atoms with E-state index in [4.69, 9.17) is 0 Å². The van der Waals surface area contributed by atoms with Crippen molar-refractivity contribution >= 4 is 15.9 Å². The molecular formula is C9H18N6O3S. The van der Waals surface area contributed by atoms with Gasteiger partial charge in [-0.3, -0.25) is 4.79 Å². The Morgan fingerprint density at radius 3 is 2.63 bits per heavy atom. The molecule has 1 aromatic rings. The summed E-state index contributed by atoms with van der Waals surface area (Å²) in [5.41, 5.74) is 0. The second-order valence-electron chi connectivity index (χ2n) is 4.16. The van der Waals surface area contributed by atoms with Gasteiger partial charge >= 0.3 is 0 Å². The van der Waals surface area contributed by atoms with Crippen molar-refractivity contribution in [2.45, 2.75) is 39.3 Å². The third-order valence-corrected chi connectivity index (χ3v) is 3.99. The molecule has 19 heavy (non-hydrogen) atoms. The topological polar surface area (TPSA) is 130 Å². The summed E-state index contributed by atoms with van der Waals surface area (Å²) in [6.07, 6.45) is 0.489. The van der Waals surface area contributed by atoms with Gasteiger partial charge in [0.1, 0.15) is 0 Å². The quantitative estimate of drug-likeness (QED) is 0.596. The van der Waals surface area contributed by atoms with Crippen LogP contribution in [-0.4, -0.2) is 46.7 Å². The number of aromatic amines is 1. The number of nitrogens with one attached hydrogen (secondary N) is 3. The first-order chi connectivity index (χ1) is 8.85. The van der Waals surface area contributed by atoms with E-state index >= 15 is 0 Å². The number of hydrogen-bond acceptors (Lipinski definition) is 6. The normalized spacial score (nSPS) is 14.9. The molecule has 0 spiro atoms. The van der Waals surface area contributed by atoms with Gasteiger partial charge in [-0.15, -0.1) is 10.2 Å². The molecule has 9 nitrogen and oxygen atoms in total. The fourth-order valence-corrected chi connectivity index (χ4v) is 2.71. The Morgan fingerprint density at radius 2 is 2.11 bits per heavy atom. The first kappa shape index (κ1) is 15.5. The highest BCUT2D eigenvalue weighted by molar-refractivity contribution is 7.89. The summed E-state index contributed by atoms with van der Waals surface area (Å²) in [5, 5.41) is 15.7. The summed E-state index contributed by atoms with van der Waals surface area (Å²) in [5.74, 6) is -0.126. The number of rotatable bonds is 7. The van der Waals surface area contributed by atoms with Crippen LogP contribution in [0, 0.1) is 0 Å². The molecule has 108 valence electrons. The molecule has 1 amide bonds. The number of H-pyrrole nitrogens is 1. The van der Waals surface area contributed by atoms with Crippen LogP contribution in [0.5, 0.6) is 0 Å². The average Bonchev–Trinajstić information content (AvgIpc) is 2.81. The van der Waals surface area contributed by atoms with Crippen molar-refractivity contribution in [3.63, 3.8) is 0 Å². The van der Waals surface area contributed by atoms with Gasteiger partial charge in [0.15, 0.2) is 5.82 Å². The molecule has 0 bridgehead atoms. The molecule has 1 heterocycles. The number of sulfonamides is 1. The fourth-order valence-electron chi connectivity index (χ4n) is 1.41.